The fourth-order valence-corrected chi connectivity index (χ4v) is 2.34. The van der Waals surface area contributed by atoms with Gasteiger partial charge in [0, 0.05) is 5.56 Å². The molecule has 0 aliphatic carbocycles. The van der Waals surface area contributed by atoms with E-state index in [1.165, 1.54) is 29.8 Å². The summed E-state index contributed by atoms with van der Waals surface area (Å²) in [5.74, 6) is 0.0223. The number of nitrogens with zero attached hydrogens (tertiary/aromatic N) is 2. The van der Waals surface area contributed by atoms with Crippen LogP contribution in [0, 0.1) is 5.82 Å². The molecule has 0 bridgehead atoms. The number of carbonyl (C=O) groups is 1. The number of anilines is 1. The maximum absolute atomic E-state index is 12.9. The number of halogens is 1. The second-order valence-corrected chi connectivity index (χ2v) is 7.04. The molecule has 140 valence electrons. The van der Waals surface area contributed by atoms with Gasteiger partial charge in [0.1, 0.15) is 11.6 Å². The van der Waals surface area contributed by atoms with Gasteiger partial charge in [-0.2, -0.15) is 4.98 Å². The Balaban J connectivity index is 1.54. The van der Waals surface area contributed by atoms with E-state index in [2.05, 4.69) is 36.2 Å². The number of ether oxygens (including phenoxy) is 1. The molecule has 0 unspecified atom stereocenters. The van der Waals surface area contributed by atoms with Crippen LogP contribution in [0.25, 0.3) is 11.5 Å². The number of benzene rings is 2. The monoisotopic (exact) mass is 369 g/mol. The zero-order chi connectivity index (χ0) is 19.4. The number of aromatic nitrogens is 2. The number of hydrogen-bond donors (Lipinski definition) is 1. The van der Waals surface area contributed by atoms with Crippen LogP contribution in [0.2, 0.25) is 0 Å². The van der Waals surface area contributed by atoms with Crippen molar-refractivity contribution in [2.45, 2.75) is 26.2 Å². The second-order valence-electron chi connectivity index (χ2n) is 7.04. The Labute approximate surface area is 156 Å². The van der Waals surface area contributed by atoms with Gasteiger partial charge in [0.25, 0.3) is 17.7 Å². The molecule has 0 fully saturated rings. The van der Waals surface area contributed by atoms with Crippen molar-refractivity contribution in [3.63, 3.8) is 0 Å². The van der Waals surface area contributed by atoms with E-state index in [1.54, 1.807) is 0 Å². The number of amides is 1. The van der Waals surface area contributed by atoms with Gasteiger partial charge in [0.2, 0.25) is 0 Å². The molecule has 0 spiro atoms. The zero-order valence-corrected chi connectivity index (χ0v) is 15.3. The number of hydrogen-bond acceptors (Lipinski definition) is 5. The lowest BCUT2D eigenvalue weighted by molar-refractivity contribution is -0.118. The van der Waals surface area contributed by atoms with Gasteiger partial charge in [-0.05, 0) is 52.5 Å². The number of nitrogens with one attached hydrogen (secondary N) is 1. The average Bonchev–Trinajstić information content (AvgIpc) is 3.08. The third-order valence-electron chi connectivity index (χ3n) is 3.86. The van der Waals surface area contributed by atoms with Crippen LogP contribution >= 0.6 is 0 Å². The molecule has 1 N–H and O–H groups in total. The van der Waals surface area contributed by atoms with Crippen LogP contribution in [0.5, 0.6) is 5.75 Å². The van der Waals surface area contributed by atoms with E-state index in [0.29, 0.717) is 11.3 Å². The summed E-state index contributed by atoms with van der Waals surface area (Å²) >= 11 is 0. The lowest BCUT2D eigenvalue weighted by Crippen LogP contribution is -2.21. The highest BCUT2D eigenvalue weighted by Gasteiger charge is 2.14. The van der Waals surface area contributed by atoms with Gasteiger partial charge in [-0.15, -0.1) is 0 Å². The lowest BCUT2D eigenvalue weighted by Gasteiger charge is -2.19. The predicted octanol–water partition coefficient (Wildman–Crippen LogP) is 4.19. The van der Waals surface area contributed by atoms with Gasteiger partial charge < -0.3 is 9.26 Å². The van der Waals surface area contributed by atoms with Crippen LogP contribution in [-0.4, -0.2) is 22.7 Å². The highest BCUT2D eigenvalue weighted by Crippen LogP contribution is 2.24. The summed E-state index contributed by atoms with van der Waals surface area (Å²) < 4.78 is 23.5. The molecule has 6 nitrogen and oxygen atoms in total. The molecule has 0 atom stereocenters. The van der Waals surface area contributed by atoms with Crippen molar-refractivity contribution in [3.8, 4) is 17.2 Å². The fraction of sp³-hybridized carbons (Fsp3) is 0.250. The summed E-state index contributed by atoms with van der Waals surface area (Å²) in [6.07, 6.45) is 0. The van der Waals surface area contributed by atoms with E-state index < -0.39 is 5.91 Å². The molecular weight excluding hydrogens is 349 g/mol. The van der Waals surface area contributed by atoms with Crippen molar-refractivity contribution in [2.75, 3.05) is 11.9 Å². The summed E-state index contributed by atoms with van der Waals surface area (Å²) in [7, 11) is 0. The molecule has 1 amide bonds. The van der Waals surface area contributed by atoms with Crippen LogP contribution in [0.4, 0.5) is 10.3 Å². The van der Waals surface area contributed by atoms with Gasteiger partial charge in [0.05, 0.1) is 0 Å². The van der Waals surface area contributed by atoms with Crippen LogP contribution in [0.15, 0.2) is 53.1 Å². The van der Waals surface area contributed by atoms with E-state index in [4.69, 9.17) is 9.26 Å². The quantitative estimate of drug-likeness (QED) is 0.730. The first-order chi connectivity index (χ1) is 12.8. The smallest absolute Gasteiger partial charge is 0.270 e. The summed E-state index contributed by atoms with van der Waals surface area (Å²) in [6.45, 7) is 6.19. The van der Waals surface area contributed by atoms with E-state index in [-0.39, 0.29) is 29.7 Å². The second kappa shape index (κ2) is 7.57. The SMILES string of the molecule is CC(C)(C)c1ccc(OCC(=O)Nc2noc(-c3ccc(F)cc3)n2)cc1. The maximum Gasteiger partial charge on any atom is 0.270 e. The Kier molecular flexibility index (Phi) is 5.21. The Bertz CT molecular complexity index is 913. The van der Waals surface area contributed by atoms with Crippen molar-refractivity contribution >= 4 is 11.9 Å². The molecule has 1 heterocycles. The van der Waals surface area contributed by atoms with Gasteiger partial charge >= 0.3 is 0 Å². The molecule has 7 heteroatoms. The lowest BCUT2D eigenvalue weighted by atomic mass is 9.87. The number of rotatable bonds is 5. The maximum atomic E-state index is 12.9. The fourth-order valence-electron chi connectivity index (χ4n) is 2.34. The van der Waals surface area contributed by atoms with Gasteiger partial charge in [0.15, 0.2) is 6.61 Å². The van der Waals surface area contributed by atoms with Crippen LogP contribution in [-0.2, 0) is 10.2 Å². The molecular formula is C20H20FN3O3. The molecule has 27 heavy (non-hydrogen) atoms. The molecule has 0 saturated carbocycles. The molecule has 3 aromatic rings. The van der Waals surface area contributed by atoms with Gasteiger partial charge in [-0.25, -0.2) is 4.39 Å². The molecule has 0 saturated heterocycles. The van der Waals surface area contributed by atoms with Crippen LogP contribution in [0.1, 0.15) is 26.3 Å². The highest BCUT2D eigenvalue weighted by molar-refractivity contribution is 5.90. The minimum Gasteiger partial charge on any atom is -0.484 e. The predicted molar refractivity (Wildman–Crippen MR) is 99.0 cm³/mol. The Hall–Kier alpha value is -3.22. The summed E-state index contributed by atoms with van der Waals surface area (Å²) in [5, 5.41) is 6.18. The first kappa shape index (κ1) is 18.6. The van der Waals surface area contributed by atoms with E-state index >= 15 is 0 Å². The van der Waals surface area contributed by atoms with Gasteiger partial charge in [-0.1, -0.05) is 32.9 Å². The van der Waals surface area contributed by atoms with E-state index in [1.807, 2.05) is 24.3 Å². The Morgan fingerprint density at radius 2 is 1.78 bits per heavy atom. The molecule has 0 aliphatic rings. The number of carbonyl (C=O) groups excluding carboxylic acids is 1. The largest absolute Gasteiger partial charge is 0.484 e. The minimum absolute atomic E-state index is 0.0194. The molecule has 0 radical (unpaired) electrons. The van der Waals surface area contributed by atoms with E-state index in [0.717, 1.165) is 0 Å². The zero-order valence-electron chi connectivity index (χ0n) is 15.3. The van der Waals surface area contributed by atoms with Crippen molar-refractivity contribution in [3.05, 3.63) is 59.9 Å². The normalized spacial score (nSPS) is 11.3. The van der Waals surface area contributed by atoms with Crippen LogP contribution in [0.3, 0.4) is 0 Å². The topological polar surface area (TPSA) is 77.2 Å². The van der Waals surface area contributed by atoms with Crippen LogP contribution < -0.4 is 10.1 Å². The third kappa shape index (κ3) is 4.91. The first-order valence-electron chi connectivity index (χ1n) is 8.44. The molecule has 3 rings (SSSR count). The average molecular weight is 369 g/mol. The molecule has 1 aromatic heterocycles. The third-order valence-corrected chi connectivity index (χ3v) is 3.86. The van der Waals surface area contributed by atoms with Crippen molar-refractivity contribution in [1.29, 1.82) is 0 Å². The van der Waals surface area contributed by atoms with Crippen molar-refractivity contribution < 1.29 is 18.4 Å². The standard InChI is InChI=1S/C20H20FN3O3/c1-20(2,3)14-6-10-16(11-7-14)26-12-17(25)22-19-23-18(27-24-19)13-4-8-15(21)9-5-13/h4-11H,12H2,1-3H3,(H,22,24,25). The summed E-state index contributed by atoms with van der Waals surface area (Å²) in [5.41, 5.74) is 1.79. The highest BCUT2D eigenvalue weighted by atomic mass is 19.1. The molecule has 2 aromatic carbocycles. The van der Waals surface area contributed by atoms with Crippen molar-refractivity contribution in [1.82, 2.24) is 10.1 Å². The minimum atomic E-state index is -0.415. The summed E-state index contributed by atoms with van der Waals surface area (Å²) in [6, 6.07) is 13.2. The Morgan fingerprint density at radius 3 is 2.41 bits per heavy atom. The Morgan fingerprint density at radius 1 is 1.11 bits per heavy atom. The van der Waals surface area contributed by atoms with E-state index in [9.17, 15) is 9.18 Å². The summed E-state index contributed by atoms with van der Waals surface area (Å²) in [4.78, 5) is 16.1. The van der Waals surface area contributed by atoms with Gasteiger partial charge in [-0.3, -0.25) is 10.1 Å². The first-order valence-corrected chi connectivity index (χ1v) is 8.44. The van der Waals surface area contributed by atoms with Crippen molar-refractivity contribution in [2.24, 2.45) is 0 Å². The molecule has 0 aliphatic heterocycles.